The predicted molar refractivity (Wildman–Crippen MR) is 130 cm³/mol. The fourth-order valence-corrected chi connectivity index (χ4v) is 3.16. The molecule has 1 unspecified atom stereocenters. The molecule has 7 heteroatoms. The molecule has 1 heterocycles. The number of halogens is 1. The van der Waals surface area contributed by atoms with E-state index >= 15 is 0 Å². The van der Waals surface area contributed by atoms with Crippen LogP contribution in [0.2, 0.25) is 0 Å². The van der Waals surface area contributed by atoms with E-state index in [0.717, 1.165) is 30.0 Å². The Bertz CT molecular complexity index is 809. The van der Waals surface area contributed by atoms with Gasteiger partial charge in [0.05, 0.1) is 25.8 Å². The Balaban J connectivity index is 0.00000300. The molecule has 0 saturated carbocycles. The van der Waals surface area contributed by atoms with Crippen LogP contribution in [0, 0.1) is 0 Å². The van der Waals surface area contributed by atoms with Gasteiger partial charge in [0.25, 0.3) is 0 Å². The molecule has 1 aliphatic rings. The van der Waals surface area contributed by atoms with Crippen LogP contribution in [0.1, 0.15) is 30.5 Å². The number of guanidine groups is 1. The van der Waals surface area contributed by atoms with E-state index < -0.39 is 0 Å². The topological polar surface area (TPSA) is 72.1 Å². The number of likely N-dealkylation sites (N-methyl/N-ethyl adjacent to an activating group) is 1. The normalized spacial score (nSPS) is 14.7. The zero-order valence-electron chi connectivity index (χ0n) is 17.4. The van der Waals surface area contributed by atoms with Crippen molar-refractivity contribution in [1.29, 1.82) is 0 Å². The fraction of sp³-hybridized carbons (Fsp3) is 0.409. The van der Waals surface area contributed by atoms with Crippen LogP contribution in [0.5, 0.6) is 11.5 Å². The molecule has 0 saturated heterocycles. The molecular weight excluding hydrogens is 479 g/mol. The molecule has 3 rings (SSSR count). The van der Waals surface area contributed by atoms with Gasteiger partial charge in [-0.3, -0.25) is 4.99 Å². The molecular formula is C22H31IN4O2. The summed E-state index contributed by atoms with van der Waals surface area (Å²) < 4.78 is 11.4. The van der Waals surface area contributed by atoms with E-state index in [2.05, 4.69) is 60.5 Å². The number of hydrogen-bond acceptors (Lipinski definition) is 4. The molecule has 0 spiro atoms. The second-order valence-corrected chi connectivity index (χ2v) is 7.14. The highest BCUT2D eigenvalue weighted by molar-refractivity contribution is 14.0. The van der Waals surface area contributed by atoms with E-state index in [1.54, 1.807) is 0 Å². The van der Waals surface area contributed by atoms with Crippen molar-refractivity contribution < 1.29 is 9.47 Å². The Labute approximate surface area is 190 Å². The summed E-state index contributed by atoms with van der Waals surface area (Å²) >= 11 is 0. The summed E-state index contributed by atoms with van der Waals surface area (Å²) in [4.78, 5) is 6.72. The number of nitrogens with one attached hydrogen (secondary N) is 1. The van der Waals surface area contributed by atoms with E-state index in [1.165, 1.54) is 11.1 Å². The highest BCUT2D eigenvalue weighted by Gasteiger charge is 2.14. The molecule has 0 bridgehead atoms. The first-order chi connectivity index (χ1) is 13.6. The first-order valence-electron chi connectivity index (χ1n) is 9.78. The van der Waals surface area contributed by atoms with Gasteiger partial charge in [0, 0.05) is 18.2 Å². The molecule has 1 atom stereocenters. The van der Waals surface area contributed by atoms with Crippen LogP contribution in [-0.4, -0.2) is 44.7 Å². The number of aryl methyl sites for hydroxylation is 1. The Hall–Kier alpha value is -2.00. The zero-order valence-corrected chi connectivity index (χ0v) is 19.7. The van der Waals surface area contributed by atoms with E-state index in [4.69, 9.17) is 15.2 Å². The van der Waals surface area contributed by atoms with Gasteiger partial charge in [0.2, 0.25) is 0 Å². The lowest BCUT2D eigenvalue weighted by Crippen LogP contribution is -2.27. The Morgan fingerprint density at radius 3 is 2.45 bits per heavy atom. The lowest BCUT2D eigenvalue weighted by molar-refractivity contribution is 0.297. The van der Waals surface area contributed by atoms with Gasteiger partial charge in [-0.15, -0.1) is 24.0 Å². The van der Waals surface area contributed by atoms with Crippen LogP contribution in [-0.2, 0) is 6.42 Å². The second-order valence-electron chi connectivity index (χ2n) is 7.14. The van der Waals surface area contributed by atoms with Crippen molar-refractivity contribution in [3.63, 3.8) is 0 Å². The number of nitrogens with two attached hydrogens (primary N) is 1. The minimum absolute atomic E-state index is 0. The van der Waals surface area contributed by atoms with Crippen LogP contribution < -0.4 is 20.5 Å². The summed E-state index contributed by atoms with van der Waals surface area (Å²) in [7, 11) is 4.11. The minimum atomic E-state index is 0. The number of hydrogen-bond donors (Lipinski definition) is 2. The van der Waals surface area contributed by atoms with Gasteiger partial charge >= 0.3 is 0 Å². The number of fused-ring (bicyclic) bond motifs is 1. The Morgan fingerprint density at radius 2 is 1.79 bits per heavy atom. The van der Waals surface area contributed by atoms with Crippen molar-refractivity contribution in [2.45, 2.75) is 25.8 Å². The molecule has 0 aliphatic carbocycles. The summed E-state index contributed by atoms with van der Waals surface area (Å²) in [5, 5.41) is 3.15. The third-order valence-corrected chi connectivity index (χ3v) is 4.85. The van der Waals surface area contributed by atoms with Gasteiger partial charge in [-0.2, -0.15) is 0 Å². The van der Waals surface area contributed by atoms with E-state index in [-0.39, 0.29) is 30.0 Å². The molecule has 2 aromatic carbocycles. The lowest BCUT2D eigenvalue weighted by atomic mass is 10.0. The molecule has 29 heavy (non-hydrogen) atoms. The second kappa shape index (κ2) is 11.3. The smallest absolute Gasteiger partial charge is 0.193 e. The maximum atomic E-state index is 6.13. The maximum Gasteiger partial charge on any atom is 0.193 e. The van der Waals surface area contributed by atoms with E-state index in [0.29, 0.717) is 25.7 Å². The third-order valence-electron chi connectivity index (χ3n) is 4.85. The molecule has 2 aromatic rings. The minimum Gasteiger partial charge on any atom is -0.490 e. The molecule has 0 aromatic heterocycles. The van der Waals surface area contributed by atoms with Crippen molar-refractivity contribution in [3.8, 4) is 11.5 Å². The molecule has 0 amide bonds. The monoisotopic (exact) mass is 510 g/mol. The zero-order chi connectivity index (χ0) is 19.9. The molecule has 3 N–H and O–H groups in total. The van der Waals surface area contributed by atoms with Gasteiger partial charge in [-0.1, -0.05) is 31.2 Å². The number of anilines is 1. The highest BCUT2D eigenvalue weighted by atomic mass is 127. The summed E-state index contributed by atoms with van der Waals surface area (Å²) in [6.07, 6.45) is 1.92. The molecule has 158 valence electrons. The number of rotatable bonds is 6. The van der Waals surface area contributed by atoms with Gasteiger partial charge in [0.15, 0.2) is 17.5 Å². The highest BCUT2D eigenvalue weighted by Crippen LogP contribution is 2.32. The average Bonchev–Trinajstić information content (AvgIpc) is 2.93. The van der Waals surface area contributed by atoms with Crippen molar-refractivity contribution >= 4 is 35.6 Å². The van der Waals surface area contributed by atoms with Gasteiger partial charge in [-0.05, 0) is 43.8 Å². The number of aliphatic imine (C=N–C) groups is 1. The predicted octanol–water partition coefficient (Wildman–Crippen LogP) is 4.06. The summed E-state index contributed by atoms with van der Waals surface area (Å²) in [5.74, 6) is 1.88. The summed E-state index contributed by atoms with van der Waals surface area (Å²) in [6, 6.07) is 14.6. The Morgan fingerprint density at radius 1 is 1.10 bits per heavy atom. The fourth-order valence-electron chi connectivity index (χ4n) is 3.16. The molecule has 6 nitrogen and oxygen atoms in total. The summed E-state index contributed by atoms with van der Waals surface area (Å²) in [6.45, 7) is 4.06. The molecule has 0 fully saturated rings. The van der Waals surface area contributed by atoms with Crippen molar-refractivity contribution in [2.75, 3.05) is 39.2 Å². The SMILES string of the molecule is CCc1ccc(C(CN=C(N)Nc2ccc3c(c2)OCCCO3)N(C)C)cc1.I. The van der Waals surface area contributed by atoms with E-state index in [9.17, 15) is 0 Å². The third kappa shape index (κ3) is 6.50. The van der Waals surface area contributed by atoms with Gasteiger partial charge < -0.3 is 25.4 Å². The van der Waals surface area contributed by atoms with Crippen molar-refractivity contribution in [2.24, 2.45) is 10.7 Å². The standard InChI is InChI=1S/C22H30N4O2.HI/c1-4-16-6-8-17(9-7-16)19(26(2)3)15-24-22(23)25-18-10-11-20-21(14-18)28-13-5-12-27-20;/h6-11,14,19H,4-5,12-13,15H2,1-3H3,(H3,23,24,25);1H. The largest absolute Gasteiger partial charge is 0.490 e. The van der Waals surface area contributed by atoms with Crippen molar-refractivity contribution in [3.05, 3.63) is 53.6 Å². The van der Waals surface area contributed by atoms with Crippen LogP contribution in [0.4, 0.5) is 5.69 Å². The van der Waals surface area contributed by atoms with Crippen molar-refractivity contribution in [1.82, 2.24) is 4.90 Å². The molecule has 1 aliphatic heterocycles. The van der Waals surface area contributed by atoms with Gasteiger partial charge in [-0.25, -0.2) is 0 Å². The van der Waals surface area contributed by atoms with Crippen LogP contribution >= 0.6 is 24.0 Å². The number of benzene rings is 2. The average molecular weight is 510 g/mol. The van der Waals surface area contributed by atoms with Crippen LogP contribution in [0.25, 0.3) is 0 Å². The summed E-state index contributed by atoms with van der Waals surface area (Å²) in [5.41, 5.74) is 9.53. The molecule has 0 radical (unpaired) electrons. The number of nitrogens with zero attached hydrogens (tertiary/aromatic N) is 2. The lowest BCUT2D eigenvalue weighted by Gasteiger charge is -2.23. The van der Waals surface area contributed by atoms with Crippen LogP contribution in [0.3, 0.4) is 0 Å². The van der Waals surface area contributed by atoms with Crippen LogP contribution in [0.15, 0.2) is 47.5 Å². The van der Waals surface area contributed by atoms with Gasteiger partial charge in [0.1, 0.15) is 0 Å². The quantitative estimate of drug-likeness (QED) is 0.349. The number of ether oxygens (including phenoxy) is 2. The first kappa shape index (κ1) is 23.3. The first-order valence-corrected chi connectivity index (χ1v) is 9.78. The van der Waals surface area contributed by atoms with E-state index in [1.807, 2.05) is 18.2 Å². The maximum absolute atomic E-state index is 6.13. The Kier molecular flexibility index (Phi) is 9.03.